The number of aromatic nitrogens is 1. The van der Waals surface area contributed by atoms with E-state index in [4.69, 9.17) is 4.74 Å². The second-order valence-corrected chi connectivity index (χ2v) is 8.63. The molecule has 0 spiro atoms. The van der Waals surface area contributed by atoms with E-state index in [1.54, 1.807) is 11.4 Å². The molecule has 1 amide bonds. The first kappa shape index (κ1) is 23.1. The van der Waals surface area contributed by atoms with Crippen LogP contribution < -0.4 is 4.74 Å². The van der Waals surface area contributed by atoms with Gasteiger partial charge in [0.05, 0.1) is 17.2 Å². The number of hydrogen-bond acceptors (Lipinski definition) is 5. The van der Waals surface area contributed by atoms with Crippen molar-refractivity contribution in [1.29, 1.82) is 0 Å². The molecule has 0 aromatic carbocycles. The number of amides is 1. The number of carbonyl (C=O) groups is 2. The van der Waals surface area contributed by atoms with Gasteiger partial charge in [0.2, 0.25) is 5.60 Å². The number of carboxylic acids is 1. The molecule has 6 nitrogen and oxygen atoms in total. The molecule has 0 aliphatic carbocycles. The lowest BCUT2D eigenvalue weighted by Crippen LogP contribution is -2.65. The second kappa shape index (κ2) is 8.86. The van der Waals surface area contributed by atoms with Crippen LogP contribution in [0, 0.1) is 6.92 Å². The normalized spacial score (nSPS) is 21.7. The Labute approximate surface area is 181 Å². The molecule has 3 rings (SSSR count). The van der Waals surface area contributed by atoms with Crippen molar-refractivity contribution in [3.8, 4) is 5.75 Å². The fourth-order valence-electron chi connectivity index (χ4n) is 4.05. The number of aryl methyl sites for hydroxylation is 1. The number of piperidine rings is 1. The Morgan fingerprint density at radius 3 is 2.74 bits per heavy atom. The lowest BCUT2D eigenvalue weighted by Gasteiger charge is -2.47. The van der Waals surface area contributed by atoms with Crippen LogP contribution in [0.2, 0.25) is 0 Å². The topological polar surface area (TPSA) is 79.7 Å². The first-order valence-electron chi connectivity index (χ1n) is 9.90. The van der Waals surface area contributed by atoms with Gasteiger partial charge >= 0.3 is 12.1 Å². The summed E-state index contributed by atoms with van der Waals surface area (Å²) in [6, 6.07) is 1.53. The minimum absolute atomic E-state index is 0.136. The van der Waals surface area contributed by atoms with Crippen molar-refractivity contribution in [3.63, 3.8) is 0 Å². The zero-order valence-electron chi connectivity index (χ0n) is 17.1. The third-order valence-electron chi connectivity index (χ3n) is 5.41. The molecule has 0 unspecified atom stereocenters. The van der Waals surface area contributed by atoms with Crippen molar-refractivity contribution < 1.29 is 32.6 Å². The van der Waals surface area contributed by atoms with Gasteiger partial charge in [-0.2, -0.15) is 13.2 Å². The van der Waals surface area contributed by atoms with Gasteiger partial charge in [-0.05, 0) is 31.9 Å². The number of pyridine rings is 1. The molecule has 1 aliphatic rings. The van der Waals surface area contributed by atoms with Crippen LogP contribution in [0.3, 0.4) is 0 Å². The molecule has 168 valence electrons. The first-order valence-corrected chi connectivity index (χ1v) is 10.8. The van der Waals surface area contributed by atoms with E-state index in [1.807, 2.05) is 13.8 Å². The van der Waals surface area contributed by atoms with Gasteiger partial charge in [0.15, 0.2) is 0 Å². The number of alkyl halides is 3. The predicted octanol–water partition coefficient (Wildman–Crippen LogP) is 4.78. The smallest absolute Gasteiger partial charge is 0.417 e. The van der Waals surface area contributed by atoms with Gasteiger partial charge in [0.1, 0.15) is 5.75 Å². The maximum Gasteiger partial charge on any atom is 0.417 e. The van der Waals surface area contributed by atoms with Crippen LogP contribution in [0.15, 0.2) is 29.9 Å². The van der Waals surface area contributed by atoms with Crippen LogP contribution in [-0.4, -0.2) is 45.1 Å². The van der Waals surface area contributed by atoms with Crippen molar-refractivity contribution >= 4 is 23.2 Å². The van der Waals surface area contributed by atoms with Crippen molar-refractivity contribution in [1.82, 2.24) is 9.88 Å². The van der Waals surface area contributed by atoms with E-state index in [-0.39, 0.29) is 25.8 Å². The number of hydrogen-bond donors (Lipinski definition) is 1. The summed E-state index contributed by atoms with van der Waals surface area (Å²) in [6.45, 7) is 3.81. The maximum atomic E-state index is 13.5. The summed E-state index contributed by atoms with van der Waals surface area (Å²) in [5.74, 6) is -1.76. The molecule has 1 saturated heterocycles. The molecule has 2 aromatic rings. The Hall–Kier alpha value is -2.62. The first-order chi connectivity index (χ1) is 14.6. The van der Waals surface area contributed by atoms with Crippen molar-refractivity contribution in [2.75, 3.05) is 6.54 Å². The van der Waals surface area contributed by atoms with Gasteiger partial charge in [-0.15, -0.1) is 11.3 Å². The number of carboxylic acid groups (broad SMARTS) is 1. The molecular weight excluding hydrogens is 433 g/mol. The van der Waals surface area contributed by atoms with Crippen LogP contribution in [-0.2, 0) is 11.0 Å². The van der Waals surface area contributed by atoms with Gasteiger partial charge in [-0.3, -0.25) is 9.78 Å². The lowest BCUT2D eigenvalue weighted by molar-refractivity contribution is -0.166. The monoisotopic (exact) mass is 456 g/mol. The zero-order valence-corrected chi connectivity index (χ0v) is 17.9. The van der Waals surface area contributed by atoms with Crippen LogP contribution in [0.1, 0.15) is 53.4 Å². The Morgan fingerprint density at radius 1 is 1.42 bits per heavy atom. The highest BCUT2D eigenvalue weighted by molar-refractivity contribution is 7.10. The fourth-order valence-corrected chi connectivity index (χ4v) is 4.66. The van der Waals surface area contributed by atoms with Crippen LogP contribution in [0.5, 0.6) is 5.75 Å². The minimum Gasteiger partial charge on any atom is -0.478 e. The molecule has 2 atom stereocenters. The Morgan fingerprint density at radius 2 is 2.16 bits per heavy atom. The Bertz CT molecular complexity index is 962. The molecule has 0 saturated carbocycles. The number of halogens is 3. The molecule has 10 heteroatoms. The standard InChI is InChI=1S/C21H23F3N2O4S/c1-3-5-17-20(19(28)29,30-14-10-13(2)31-12-14)7-4-9-26(17)18(27)15-11-25-8-6-16(15)21(22,23)24/h6,8,10-12,17H,3-5,7,9H2,1-2H3,(H,28,29)/t17-,20+/m1/s1. The Kier molecular flexibility index (Phi) is 6.59. The zero-order chi connectivity index (χ0) is 22.8. The minimum atomic E-state index is -4.74. The molecule has 3 heterocycles. The molecule has 1 fully saturated rings. The fraction of sp³-hybridized carbons (Fsp3) is 0.476. The summed E-state index contributed by atoms with van der Waals surface area (Å²) in [7, 11) is 0. The van der Waals surface area contributed by atoms with Crippen LogP contribution >= 0.6 is 11.3 Å². The summed E-state index contributed by atoms with van der Waals surface area (Å²) >= 11 is 1.39. The van der Waals surface area contributed by atoms with Crippen LogP contribution in [0.4, 0.5) is 13.2 Å². The van der Waals surface area contributed by atoms with E-state index >= 15 is 0 Å². The number of thiophene rings is 1. The highest BCUT2D eigenvalue weighted by atomic mass is 32.1. The van der Waals surface area contributed by atoms with Crippen molar-refractivity contribution in [3.05, 3.63) is 45.9 Å². The summed E-state index contributed by atoms with van der Waals surface area (Å²) in [6.07, 6.45) is -1.67. The van der Waals surface area contributed by atoms with Crippen molar-refractivity contribution in [2.24, 2.45) is 0 Å². The summed E-state index contributed by atoms with van der Waals surface area (Å²) in [5, 5.41) is 11.8. The summed E-state index contributed by atoms with van der Waals surface area (Å²) < 4.78 is 46.4. The highest BCUT2D eigenvalue weighted by Crippen LogP contribution is 2.39. The van der Waals surface area contributed by atoms with Crippen LogP contribution in [0.25, 0.3) is 0 Å². The van der Waals surface area contributed by atoms with E-state index in [2.05, 4.69) is 4.98 Å². The Balaban J connectivity index is 2.04. The predicted molar refractivity (Wildman–Crippen MR) is 108 cm³/mol. The maximum absolute atomic E-state index is 13.5. The quantitative estimate of drug-likeness (QED) is 0.677. The van der Waals surface area contributed by atoms with Gasteiger partial charge in [-0.1, -0.05) is 13.3 Å². The molecule has 1 N–H and O–H groups in total. The average molecular weight is 456 g/mol. The SMILES string of the molecule is CCC[C@H]1N(C(=O)c2cnccc2C(F)(F)F)CCC[C@@]1(Oc1csc(C)c1)C(=O)O. The van der Waals surface area contributed by atoms with E-state index in [1.165, 1.54) is 16.2 Å². The average Bonchev–Trinajstić information content (AvgIpc) is 3.12. The number of nitrogens with zero attached hydrogens (tertiary/aromatic N) is 2. The molecule has 0 bridgehead atoms. The van der Waals surface area contributed by atoms with E-state index in [0.29, 0.717) is 12.2 Å². The van der Waals surface area contributed by atoms with Gasteiger partial charge in [0, 0.05) is 35.6 Å². The lowest BCUT2D eigenvalue weighted by atomic mass is 9.81. The number of likely N-dealkylation sites (tertiary alicyclic amines) is 1. The van der Waals surface area contributed by atoms with Gasteiger partial charge in [-0.25, -0.2) is 4.79 Å². The van der Waals surface area contributed by atoms with E-state index < -0.39 is 40.8 Å². The summed E-state index contributed by atoms with van der Waals surface area (Å²) in [4.78, 5) is 31.5. The van der Waals surface area contributed by atoms with Gasteiger partial charge < -0.3 is 14.7 Å². The molecule has 1 aliphatic heterocycles. The number of ether oxygens (including phenoxy) is 1. The second-order valence-electron chi connectivity index (χ2n) is 7.52. The molecule has 31 heavy (non-hydrogen) atoms. The molecule has 2 aromatic heterocycles. The van der Waals surface area contributed by atoms with Crippen molar-refractivity contribution in [2.45, 2.75) is 57.3 Å². The number of rotatable bonds is 6. The van der Waals surface area contributed by atoms with E-state index in [9.17, 15) is 27.9 Å². The molecular formula is C21H23F3N2O4S. The third kappa shape index (κ3) is 4.53. The summed E-state index contributed by atoms with van der Waals surface area (Å²) in [5.41, 5.74) is -3.44. The number of aliphatic carboxylic acids is 1. The largest absolute Gasteiger partial charge is 0.478 e. The molecule has 0 radical (unpaired) electrons. The third-order valence-corrected chi connectivity index (χ3v) is 6.25. The number of carbonyl (C=O) groups excluding carboxylic acids is 1. The van der Waals surface area contributed by atoms with E-state index in [0.717, 1.165) is 23.3 Å². The van der Waals surface area contributed by atoms with Gasteiger partial charge in [0.25, 0.3) is 5.91 Å². The highest BCUT2D eigenvalue weighted by Gasteiger charge is 2.54.